The van der Waals surface area contributed by atoms with Crippen LogP contribution in [-0.4, -0.2) is 20.7 Å². The number of oxime groups is 1. The molecule has 0 atom stereocenters. The lowest BCUT2D eigenvalue weighted by Crippen LogP contribution is -2.02. The van der Waals surface area contributed by atoms with Gasteiger partial charge in [-0.05, 0) is 13.0 Å². The molecule has 1 aromatic rings. The number of alkyl halides is 2. The Morgan fingerprint density at radius 3 is 2.83 bits per heavy atom. The second kappa shape index (κ2) is 3.29. The third-order valence-corrected chi connectivity index (χ3v) is 1.33. The van der Waals surface area contributed by atoms with Gasteiger partial charge in [-0.1, -0.05) is 5.16 Å². The van der Waals surface area contributed by atoms with Gasteiger partial charge in [0, 0.05) is 6.20 Å². The Balaban J connectivity index is 2.92. The maximum absolute atomic E-state index is 11.9. The standard InChI is InChI=1S/C6H7F2N3O/c1-4(10-12)5-2-3-11(9-5)6(7)8/h2-3,6,12H,1H3. The highest BCUT2D eigenvalue weighted by Crippen LogP contribution is 2.08. The number of aromatic nitrogens is 2. The first-order valence-electron chi connectivity index (χ1n) is 3.17. The van der Waals surface area contributed by atoms with E-state index in [1.165, 1.54) is 13.0 Å². The molecule has 0 radical (unpaired) electrons. The molecule has 1 aromatic heterocycles. The summed E-state index contributed by atoms with van der Waals surface area (Å²) >= 11 is 0. The maximum atomic E-state index is 11.9. The molecule has 1 heterocycles. The average Bonchev–Trinajstić information content (AvgIpc) is 2.51. The minimum atomic E-state index is -2.66. The van der Waals surface area contributed by atoms with Crippen molar-refractivity contribution in [2.24, 2.45) is 5.16 Å². The zero-order valence-electron chi connectivity index (χ0n) is 6.28. The fourth-order valence-electron chi connectivity index (χ4n) is 0.691. The van der Waals surface area contributed by atoms with E-state index < -0.39 is 6.55 Å². The Morgan fingerprint density at radius 2 is 2.42 bits per heavy atom. The summed E-state index contributed by atoms with van der Waals surface area (Å²) < 4.78 is 24.4. The minimum absolute atomic E-state index is 0.203. The van der Waals surface area contributed by atoms with Crippen molar-refractivity contribution in [2.75, 3.05) is 0 Å². The Labute approximate surface area is 67.1 Å². The molecule has 0 bridgehead atoms. The van der Waals surface area contributed by atoms with E-state index in [1.807, 2.05) is 0 Å². The summed E-state index contributed by atoms with van der Waals surface area (Å²) in [5, 5.41) is 14.6. The van der Waals surface area contributed by atoms with Crippen molar-refractivity contribution in [3.8, 4) is 0 Å². The molecule has 0 amide bonds. The van der Waals surface area contributed by atoms with Gasteiger partial charge in [0.25, 0.3) is 0 Å². The van der Waals surface area contributed by atoms with Crippen molar-refractivity contribution in [1.82, 2.24) is 9.78 Å². The molecule has 1 rings (SSSR count). The Bertz CT molecular complexity index is 295. The first-order valence-corrected chi connectivity index (χ1v) is 3.17. The van der Waals surface area contributed by atoms with Crippen LogP contribution < -0.4 is 0 Å². The van der Waals surface area contributed by atoms with Gasteiger partial charge in [0.1, 0.15) is 11.4 Å². The average molecular weight is 175 g/mol. The summed E-state index contributed by atoms with van der Waals surface area (Å²) in [4.78, 5) is 0. The largest absolute Gasteiger partial charge is 0.411 e. The lowest BCUT2D eigenvalue weighted by Gasteiger charge is -1.95. The van der Waals surface area contributed by atoms with Crippen LogP contribution >= 0.6 is 0 Å². The Morgan fingerprint density at radius 1 is 1.75 bits per heavy atom. The molecular formula is C6H7F2N3O. The molecule has 0 aromatic carbocycles. The highest BCUT2D eigenvalue weighted by molar-refractivity contribution is 5.96. The predicted molar refractivity (Wildman–Crippen MR) is 37.5 cm³/mol. The number of halogens is 2. The Kier molecular flexibility index (Phi) is 2.37. The van der Waals surface area contributed by atoms with Crippen LogP contribution in [0.4, 0.5) is 8.78 Å². The van der Waals surface area contributed by atoms with Crippen molar-refractivity contribution in [3.63, 3.8) is 0 Å². The van der Waals surface area contributed by atoms with Gasteiger partial charge >= 0.3 is 6.55 Å². The second-order valence-electron chi connectivity index (χ2n) is 2.14. The SMILES string of the molecule is CC(=NO)c1ccn(C(F)F)n1. The fraction of sp³-hybridized carbons (Fsp3) is 0.333. The highest BCUT2D eigenvalue weighted by atomic mass is 19.3. The molecular weight excluding hydrogens is 168 g/mol. The van der Waals surface area contributed by atoms with Crippen LogP contribution in [0.3, 0.4) is 0 Å². The van der Waals surface area contributed by atoms with E-state index in [-0.39, 0.29) is 11.4 Å². The molecule has 66 valence electrons. The molecule has 0 saturated carbocycles. The molecule has 0 fully saturated rings. The van der Waals surface area contributed by atoms with Crippen LogP contribution in [0.2, 0.25) is 0 Å². The number of hydrogen-bond acceptors (Lipinski definition) is 3. The van der Waals surface area contributed by atoms with Gasteiger partial charge in [0.2, 0.25) is 0 Å². The van der Waals surface area contributed by atoms with Gasteiger partial charge in [-0.3, -0.25) is 0 Å². The van der Waals surface area contributed by atoms with Crippen LogP contribution in [0.5, 0.6) is 0 Å². The normalized spacial score (nSPS) is 12.5. The third-order valence-electron chi connectivity index (χ3n) is 1.33. The van der Waals surface area contributed by atoms with Crippen LogP contribution in [0.25, 0.3) is 0 Å². The van der Waals surface area contributed by atoms with Gasteiger partial charge in [0.05, 0.1) is 0 Å². The Hall–Kier alpha value is -1.46. The molecule has 0 spiro atoms. The number of rotatable bonds is 2. The van der Waals surface area contributed by atoms with Gasteiger partial charge in [-0.25, -0.2) is 4.68 Å². The molecule has 4 nitrogen and oxygen atoms in total. The predicted octanol–water partition coefficient (Wildman–Crippen LogP) is 1.48. The minimum Gasteiger partial charge on any atom is -0.411 e. The van der Waals surface area contributed by atoms with Crippen LogP contribution in [0.1, 0.15) is 19.2 Å². The molecule has 6 heteroatoms. The number of nitrogens with zero attached hydrogens (tertiary/aromatic N) is 3. The zero-order valence-corrected chi connectivity index (χ0v) is 6.28. The topological polar surface area (TPSA) is 50.4 Å². The van der Waals surface area contributed by atoms with E-state index >= 15 is 0 Å². The fourth-order valence-corrected chi connectivity index (χ4v) is 0.691. The zero-order chi connectivity index (χ0) is 9.14. The number of hydrogen-bond donors (Lipinski definition) is 1. The van der Waals surface area contributed by atoms with E-state index in [1.54, 1.807) is 0 Å². The van der Waals surface area contributed by atoms with Crippen molar-refractivity contribution in [2.45, 2.75) is 13.5 Å². The van der Waals surface area contributed by atoms with Crippen LogP contribution in [0, 0.1) is 0 Å². The van der Waals surface area contributed by atoms with Crippen LogP contribution in [0.15, 0.2) is 17.4 Å². The summed E-state index contributed by atoms with van der Waals surface area (Å²) in [7, 11) is 0. The van der Waals surface area contributed by atoms with Crippen molar-refractivity contribution >= 4 is 5.71 Å². The van der Waals surface area contributed by atoms with Gasteiger partial charge in [0.15, 0.2) is 0 Å². The quantitative estimate of drug-likeness (QED) is 0.420. The molecule has 0 aliphatic carbocycles. The summed E-state index contributed by atoms with van der Waals surface area (Å²) in [5.74, 6) is 0. The summed E-state index contributed by atoms with van der Waals surface area (Å²) in [6.45, 7) is -1.19. The van der Waals surface area contributed by atoms with Crippen molar-refractivity contribution in [3.05, 3.63) is 18.0 Å². The lowest BCUT2D eigenvalue weighted by atomic mass is 10.3. The summed E-state index contributed by atoms with van der Waals surface area (Å²) in [6, 6.07) is 1.35. The molecule has 0 aliphatic heterocycles. The van der Waals surface area contributed by atoms with E-state index in [4.69, 9.17) is 5.21 Å². The van der Waals surface area contributed by atoms with E-state index in [0.29, 0.717) is 4.68 Å². The van der Waals surface area contributed by atoms with Crippen molar-refractivity contribution in [1.29, 1.82) is 0 Å². The second-order valence-corrected chi connectivity index (χ2v) is 2.14. The molecule has 1 N–H and O–H groups in total. The molecule has 0 saturated heterocycles. The van der Waals surface area contributed by atoms with Gasteiger partial charge < -0.3 is 5.21 Å². The molecule has 0 unspecified atom stereocenters. The molecule has 12 heavy (non-hydrogen) atoms. The van der Waals surface area contributed by atoms with Gasteiger partial charge in [-0.15, -0.1) is 0 Å². The maximum Gasteiger partial charge on any atom is 0.333 e. The summed E-state index contributed by atoms with van der Waals surface area (Å²) in [5.41, 5.74) is 0.437. The van der Waals surface area contributed by atoms with E-state index in [9.17, 15) is 8.78 Å². The molecule has 0 aliphatic rings. The smallest absolute Gasteiger partial charge is 0.333 e. The van der Waals surface area contributed by atoms with Crippen molar-refractivity contribution < 1.29 is 14.0 Å². The highest BCUT2D eigenvalue weighted by Gasteiger charge is 2.08. The summed E-state index contributed by atoms with van der Waals surface area (Å²) in [6.07, 6.45) is 1.12. The lowest BCUT2D eigenvalue weighted by molar-refractivity contribution is 0.0565. The van der Waals surface area contributed by atoms with Gasteiger partial charge in [-0.2, -0.15) is 13.9 Å². The monoisotopic (exact) mass is 175 g/mol. The third kappa shape index (κ3) is 1.58. The first kappa shape index (κ1) is 8.63. The van der Waals surface area contributed by atoms with Crippen LogP contribution in [-0.2, 0) is 0 Å². The van der Waals surface area contributed by atoms with E-state index in [0.717, 1.165) is 6.20 Å². The van der Waals surface area contributed by atoms with E-state index in [2.05, 4.69) is 10.3 Å². The first-order chi connectivity index (χ1) is 5.65.